The van der Waals surface area contributed by atoms with Gasteiger partial charge in [-0.1, -0.05) is 26.0 Å². The second kappa shape index (κ2) is 8.84. The van der Waals surface area contributed by atoms with Gasteiger partial charge in [0.05, 0.1) is 0 Å². The Morgan fingerprint density at radius 3 is 2.59 bits per heavy atom. The van der Waals surface area contributed by atoms with Gasteiger partial charge in [-0.25, -0.2) is 9.97 Å². The molecule has 2 heterocycles. The molecular formula is C21H29N5O. The number of hydrogen-bond acceptors (Lipinski definition) is 5. The van der Waals surface area contributed by atoms with E-state index in [0.29, 0.717) is 24.1 Å². The predicted molar refractivity (Wildman–Crippen MR) is 109 cm³/mol. The minimum absolute atomic E-state index is 0.127. The van der Waals surface area contributed by atoms with E-state index in [4.69, 9.17) is 0 Å². The van der Waals surface area contributed by atoms with Crippen LogP contribution in [0.5, 0.6) is 0 Å². The number of benzene rings is 1. The average Bonchev–Trinajstić information content (AvgIpc) is 2.68. The van der Waals surface area contributed by atoms with Crippen LogP contribution in [0.1, 0.15) is 36.3 Å². The Hall–Kier alpha value is -2.63. The van der Waals surface area contributed by atoms with E-state index in [1.165, 1.54) is 11.3 Å². The normalized spacial score (nSPS) is 14.5. The third-order valence-electron chi connectivity index (χ3n) is 4.81. The largest absolute Gasteiger partial charge is 0.368 e. The first kappa shape index (κ1) is 19.1. The summed E-state index contributed by atoms with van der Waals surface area (Å²) >= 11 is 0. The molecule has 1 fully saturated rings. The number of aromatic nitrogens is 2. The number of nitrogens with zero attached hydrogens (tertiary/aromatic N) is 4. The molecule has 3 rings (SSSR count). The van der Waals surface area contributed by atoms with Gasteiger partial charge in [-0.05, 0) is 43.0 Å². The topological polar surface area (TPSA) is 61.4 Å². The van der Waals surface area contributed by atoms with Crippen LogP contribution >= 0.6 is 0 Å². The molecule has 1 saturated heterocycles. The van der Waals surface area contributed by atoms with Crippen molar-refractivity contribution in [3.8, 4) is 0 Å². The number of hydrogen-bond donors (Lipinski definition) is 1. The number of rotatable bonds is 6. The summed E-state index contributed by atoms with van der Waals surface area (Å²) in [7, 11) is 0. The van der Waals surface area contributed by atoms with Crippen molar-refractivity contribution in [1.82, 2.24) is 15.3 Å². The zero-order valence-corrected chi connectivity index (χ0v) is 16.5. The zero-order valence-electron chi connectivity index (χ0n) is 16.5. The Labute approximate surface area is 161 Å². The molecule has 0 atom stereocenters. The van der Waals surface area contributed by atoms with Crippen LogP contribution in [-0.4, -0.2) is 48.6 Å². The summed E-state index contributed by atoms with van der Waals surface area (Å²) in [5.41, 5.74) is 2.97. The molecule has 1 aromatic carbocycles. The van der Waals surface area contributed by atoms with Crippen molar-refractivity contribution >= 4 is 17.5 Å². The molecule has 1 amide bonds. The lowest BCUT2D eigenvalue weighted by Crippen LogP contribution is -2.47. The van der Waals surface area contributed by atoms with Crippen molar-refractivity contribution in [2.45, 2.75) is 27.2 Å². The minimum Gasteiger partial charge on any atom is -0.368 e. The molecule has 27 heavy (non-hydrogen) atoms. The van der Waals surface area contributed by atoms with Gasteiger partial charge in [-0.15, -0.1) is 0 Å². The van der Waals surface area contributed by atoms with Gasteiger partial charge in [0.25, 0.3) is 5.91 Å². The van der Waals surface area contributed by atoms with Crippen LogP contribution < -0.4 is 15.1 Å². The van der Waals surface area contributed by atoms with Crippen molar-refractivity contribution in [1.29, 1.82) is 0 Å². The first-order valence-corrected chi connectivity index (χ1v) is 9.71. The minimum atomic E-state index is -0.127. The fourth-order valence-electron chi connectivity index (χ4n) is 3.18. The SMILES string of the molecule is Cc1cccc(N2CCN(c3nccc(C(=O)NCCC(C)C)n3)CC2)c1. The molecule has 0 radical (unpaired) electrons. The highest BCUT2D eigenvalue weighted by Crippen LogP contribution is 2.19. The van der Waals surface area contributed by atoms with Gasteiger partial charge in [-0.2, -0.15) is 0 Å². The van der Waals surface area contributed by atoms with Crippen LogP contribution in [0.2, 0.25) is 0 Å². The maximum atomic E-state index is 12.3. The van der Waals surface area contributed by atoms with Crippen molar-refractivity contribution in [3.63, 3.8) is 0 Å². The fraction of sp³-hybridized carbons (Fsp3) is 0.476. The lowest BCUT2D eigenvalue weighted by Gasteiger charge is -2.36. The summed E-state index contributed by atoms with van der Waals surface area (Å²) in [6.07, 6.45) is 2.64. The Bertz CT molecular complexity index is 769. The van der Waals surface area contributed by atoms with E-state index in [1.807, 2.05) is 0 Å². The molecule has 0 bridgehead atoms. The molecular weight excluding hydrogens is 338 g/mol. The molecule has 6 heteroatoms. The van der Waals surface area contributed by atoms with E-state index in [1.54, 1.807) is 12.3 Å². The van der Waals surface area contributed by atoms with E-state index in [9.17, 15) is 4.79 Å². The summed E-state index contributed by atoms with van der Waals surface area (Å²) < 4.78 is 0. The first-order valence-electron chi connectivity index (χ1n) is 9.71. The summed E-state index contributed by atoms with van der Waals surface area (Å²) in [6, 6.07) is 10.3. The molecule has 0 aliphatic carbocycles. The summed E-state index contributed by atoms with van der Waals surface area (Å²) in [6.45, 7) is 10.6. The van der Waals surface area contributed by atoms with Crippen LogP contribution in [0.25, 0.3) is 0 Å². The van der Waals surface area contributed by atoms with Gasteiger partial charge in [0.15, 0.2) is 0 Å². The molecule has 0 spiro atoms. The second-order valence-electron chi connectivity index (χ2n) is 7.49. The van der Waals surface area contributed by atoms with Crippen molar-refractivity contribution in [2.75, 3.05) is 42.5 Å². The third-order valence-corrected chi connectivity index (χ3v) is 4.81. The highest BCUT2D eigenvalue weighted by Gasteiger charge is 2.20. The maximum Gasteiger partial charge on any atom is 0.270 e. The molecule has 0 unspecified atom stereocenters. The number of carbonyl (C=O) groups excluding carboxylic acids is 1. The Kier molecular flexibility index (Phi) is 6.27. The van der Waals surface area contributed by atoms with Gasteiger partial charge >= 0.3 is 0 Å². The van der Waals surface area contributed by atoms with Gasteiger partial charge < -0.3 is 15.1 Å². The van der Waals surface area contributed by atoms with Crippen LogP contribution in [0.4, 0.5) is 11.6 Å². The third kappa shape index (κ3) is 5.18. The Morgan fingerprint density at radius 2 is 1.89 bits per heavy atom. The molecule has 144 valence electrons. The van der Waals surface area contributed by atoms with Crippen molar-refractivity contribution < 1.29 is 4.79 Å². The first-order chi connectivity index (χ1) is 13.0. The van der Waals surface area contributed by atoms with Crippen LogP contribution in [0.3, 0.4) is 0 Å². The van der Waals surface area contributed by atoms with Gasteiger partial charge in [0.2, 0.25) is 5.95 Å². The Balaban J connectivity index is 1.59. The van der Waals surface area contributed by atoms with E-state index in [-0.39, 0.29) is 5.91 Å². The van der Waals surface area contributed by atoms with E-state index >= 15 is 0 Å². The quantitative estimate of drug-likeness (QED) is 0.851. The standard InChI is InChI=1S/C21H29N5O/c1-16(2)7-9-22-20(27)19-8-10-23-21(24-19)26-13-11-25(12-14-26)18-6-4-5-17(3)15-18/h4-6,8,10,15-16H,7,9,11-14H2,1-3H3,(H,22,27). The predicted octanol–water partition coefficient (Wildman–Crippen LogP) is 2.89. The maximum absolute atomic E-state index is 12.3. The number of nitrogens with one attached hydrogen (secondary N) is 1. The number of amides is 1. The summed E-state index contributed by atoms with van der Waals surface area (Å²) in [5, 5.41) is 2.94. The molecule has 6 nitrogen and oxygen atoms in total. The summed E-state index contributed by atoms with van der Waals surface area (Å²) in [5.74, 6) is 1.07. The van der Waals surface area contributed by atoms with Crippen LogP contribution in [0, 0.1) is 12.8 Å². The highest BCUT2D eigenvalue weighted by molar-refractivity contribution is 5.92. The zero-order chi connectivity index (χ0) is 19.2. The molecule has 0 saturated carbocycles. The number of aryl methyl sites for hydroxylation is 1. The van der Waals surface area contributed by atoms with E-state index < -0.39 is 0 Å². The molecule has 1 N–H and O–H groups in total. The van der Waals surface area contributed by atoms with Crippen molar-refractivity contribution in [2.24, 2.45) is 5.92 Å². The average molecular weight is 367 g/mol. The number of carbonyl (C=O) groups is 1. The number of anilines is 2. The van der Waals surface area contributed by atoms with Gasteiger partial charge in [0, 0.05) is 44.6 Å². The Morgan fingerprint density at radius 1 is 1.15 bits per heavy atom. The van der Waals surface area contributed by atoms with Gasteiger partial charge in [0.1, 0.15) is 5.69 Å². The molecule has 1 aromatic heterocycles. The lowest BCUT2D eigenvalue weighted by molar-refractivity contribution is 0.0947. The molecule has 1 aliphatic rings. The van der Waals surface area contributed by atoms with Crippen LogP contribution in [0.15, 0.2) is 36.5 Å². The molecule has 2 aromatic rings. The monoisotopic (exact) mass is 367 g/mol. The van der Waals surface area contributed by atoms with E-state index in [0.717, 1.165) is 32.6 Å². The van der Waals surface area contributed by atoms with E-state index in [2.05, 4.69) is 70.1 Å². The fourth-order valence-corrected chi connectivity index (χ4v) is 3.18. The molecule has 1 aliphatic heterocycles. The lowest BCUT2D eigenvalue weighted by atomic mass is 10.1. The second-order valence-corrected chi connectivity index (χ2v) is 7.49. The smallest absolute Gasteiger partial charge is 0.270 e. The van der Waals surface area contributed by atoms with Crippen LogP contribution in [-0.2, 0) is 0 Å². The van der Waals surface area contributed by atoms with Gasteiger partial charge in [-0.3, -0.25) is 4.79 Å². The summed E-state index contributed by atoms with van der Waals surface area (Å²) in [4.78, 5) is 25.7. The van der Waals surface area contributed by atoms with Crippen molar-refractivity contribution in [3.05, 3.63) is 47.8 Å². The highest BCUT2D eigenvalue weighted by atomic mass is 16.1. The number of piperazine rings is 1.